The average molecular weight is 435 g/mol. The van der Waals surface area contributed by atoms with E-state index >= 15 is 0 Å². The zero-order valence-corrected chi connectivity index (χ0v) is 17.7. The van der Waals surface area contributed by atoms with Crippen LogP contribution in [0.2, 0.25) is 0 Å². The van der Waals surface area contributed by atoms with Crippen LogP contribution in [0.5, 0.6) is 0 Å². The van der Waals surface area contributed by atoms with E-state index in [1.165, 1.54) is 0 Å². The molecule has 30 heavy (non-hydrogen) atoms. The molecule has 1 heterocycles. The summed E-state index contributed by atoms with van der Waals surface area (Å²) in [6, 6.07) is 7.10. The van der Waals surface area contributed by atoms with Gasteiger partial charge in [0.2, 0.25) is 5.91 Å². The Morgan fingerprint density at radius 2 is 1.97 bits per heavy atom. The summed E-state index contributed by atoms with van der Waals surface area (Å²) in [5.41, 5.74) is 7.96. The number of aromatic nitrogens is 2. The van der Waals surface area contributed by atoms with E-state index in [2.05, 4.69) is 10.4 Å². The molecule has 0 spiro atoms. The van der Waals surface area contributed by atoms with Gasteiger partial charge in [-0.3, -0.25) is 13.9 Å². The molecule has 9 nitrogen and oxygen atoms in total. The maximum Gasteiger partial charge on any atom is 0.325 e. The number of anilines is 1. The highest BCUT2D eigenvalue weighted by Crippen LogP contribution is 2.29. The molecule has 2 aromatic rings. The van der Waals surface area contributed by atoms with Crippen LogP contribution in [0.15, 0.2) is 29.1 Å². The van der Waals surface area contributed by atoms with E-state index < -0.39 is 15.7 Å². The third-order valence-electron chi connectivity index (χ3n) is 4.86. The van der Waals surface area contributed by atoms with Crippen molar-refractivity contribution < 1.29 is 17.5 Å². The molecule has 0 atom stereocenters. The highest BCUT2D eigenvalue weighted by molar-refractivity contribution is 7.86. The van der Waals surface area contributed by atoms with Gasteiger partial charge in [0.05, 0.1) is 11.9 Å². The Balaban J connectivity index is 1.98. The number of rotatable bonds is 8. The highest BCUT2D eigenvalue weighted by atomic mass is 32.2. The molecule has 0 aliphatic heterocycles. The first-order chi connectivity index (χ1) is 14.3. The summed E-state index contributed by atoms with van der Waals surface area (Å²) in [4.78, 5) is 25.3. The molecule has 10 heteroatoms. The molecule has 1 aromatic carbocycles. The average Bonchev–Trinajstić information content (AvgIpc) is 2.69. The lowest BCUT2D eigenvalue weighted by Crippen LogP contribution is -2.36. The number of nitrogens with two attached hydrogens (primary N) is 1. The van der Waals surface area contributed by atoms with Gasteiger partial charge in [-0.05, 0) is 67.6 Å². The zero-order valence-electron chi connectivity index (χ0n) is 16.9. The van der Waals surface area contributed by atoms with Crippen molar-refractivity contribution in [1.29, 1.82) is 0 Å². The summed E-state index contributed by atoms with van der Waals surface area (Å²) >= 11 is 0. The molecular weight excluding hydrogens is 408 g/mol. The Labute approximate surface area is 175 Å². The Hall–Kier alpha value is -2.72. The maximum absolute atomic E-state index is 12.7. The van der Waals surface area contributed by atoms with Gasteiger partial charge in [0, 0.05) is 23.2 Å². The standard InChI is InChI=1S/C20H26N4O5S/c1-30(27,28)29-24-20(26)17-10-3-2-9-16(17)19(23-24)14-7-6-8-15(13-14)22-18(25)11-4-5-12-21/h6-8,13H,2-5,9-12,21H2,1H3,(H,22,25). The van der Waals surface area contributed by atoms with Crippen molar-refractivity contribution in [3.63, 3.8) is 0 Å². The van der Waals surface area contributed by atoms with Crippen molar-refractivity contribution in [3.05, 3.63) is 45.7 Å². The lowest BCUT2D eigenvalue weighted by Gasteiger charge is -2.20. The molecule has 0 saturated heterocycles. The first-order valence-corrected chi connectivity index (χ1v) is 11.8. The molecule has 162 valence electrons. The molecule has 0 radical (unpaired) electrons. The molecule has 3 N–H and O–H groups in total. The van der Waals surface area contributed by atoms with E-state index in [4.69, 9.17) is 10.0 Å². The van der Waals surface area contributed by atoms with Gasteiger partial charge < -0.3 is 11.1 Å². The van der Waals surface area contributed by atoms with Gasteiger partial charge in [-0.1, -0.05) is 12.1 Å². The predicted molar refractivity (Wildman–Crippen MR) is 114 cm³/mol. The lowest BCUT2D eigenvalue weighted by atomic mass is 9.90. The van der Waals surface area contributed by atoms with Crippen LogP contribution in [0.3, 0.4) is 0 Å². The van der Waals surface area contributed by atoms with Crippen LogP contribution in [-0.4, -0.2) is 37.1 Å². The SMILES string of the molecule is CS(=O)(=O)On1nc(-c2cccc(NC(=O)CCCCN)c2)c2c(c1=O)CCCC2. The van der Waals surface area contributed by atoms with Gasteiger partial charge in [0.25, 0.3) is 0 Å². The number of hydrogen-bond donors (Lipinski definition) is 2. The van der Waals surface area contributed by atoms with Crippen molar-refractivity contribution in [2.24, 2.45) is 5.73 Å². The predicted octanol–water partition coefficient (Wildman–Crippen LogP) is 1.24. The van der Waals surface area contributed by atoms with Crippen molar-refractivity contribution >= 4 is 21.7 Å². The van der Waals surface area contributed by atoms with Gasteiger partial charge in [0.1, 0.15) is 0 Å². The van der Waals surface area contributed by atoms with Crippen LogP contribution in [0.1, 0.15) is 43.2 Å². The zero-order chi connectivity index (χ0) is 21.7. The number of carbonyl (C=O) groups is 1. The smallest absolute Gasteiger partial charge is 0.325 e. The molecule has 0 unspecified atom stereocenters. The fourth-order valence-corrected chi connectivity index (χ4v) is 3.88. The molecular formula is C20H26N4O5S. The second-order valence-electron chi connectivity index (χ2n) is 7.34. The minimum absolute atomic E-state index is 0.110. The summed E-state index contributed by atoms with van der Waals surface area (Å²) < 4.78 is 27.9. The number of benzene rings is 1. The lowest BCUT2D eigenvalue weighted by molar-refractivity contribution is -0.116. The van der Waals surface area contributed by atoms with E-state index in [0.717, 1.165) is 31.1 Å². The number of hydrogen-bond acceptors (Lipinski definition) is 7. The second-order valence-corrected chi connectivity index (χ2v) is 8.90. The van der Waals surface area contributed by atoms with Crippen LogP contribution in [0.25, 0.3) is 11.3 Å². The fraction of sp³-hybridized carbons (Fsp3) is 0.450. The van der Waals surface area contributed by atoms with Gasteiger partial charge >= 0.3 is 15.7 Å². The van der Waals surface area contributed by atoms with Crippen LogP contribution in [0.4, 0.5) is 5.69 Å². The minimum Gasteiger partial charge on any atom is -0.330 e. The van der Waals surface area contributed by atoms with E-state index in [9.17, 15) is 18.0 Å². The number of fused-ring (bicyclic) bond motifs is 1. The van der Waals surface area contributed by atoms with Crippen LogP contribution < -0.4 is 20.9 Å². The quantitative estimate of drug-likeness (QED) is 0.597. The first kappa shape index (κ1) is 22.0. The summed E-state index contributed by atoms with van der Waals surface area (Å²) in [6.45, 7) is 0.546. The monoisotopic (exact) mass is 434 g/mol. The summed E-state index contributed by atoms with van der Waals surface area (Å²) in [5.74, 6) is -0.110. The van der Waals surface area contributed by atoms with Crippen LogP contribution in [0, 0.1) is 0 Å². The van der Waals surface area contributed by atoms with Gasteiger partial charge in [-0.15, -0.1) is 5.10 Å². The van der Waals surface area contributed by atoms with Gasteiger partial charge in [-0.2, -0.15) is 8.42 Å². The Bertz CT molecular complexity index is 1090. The van der Waals surface area contributed by atoms with E-state index in [-0.39, 0.29) is 5.91 Å². The molecule has 1 aromatic heterocycles. The number of unbranched alkanes of at least 4 members (excludes halogenated alkanes) is 1. The van der Waals surface area contributed by atoms with Gasteiger partial charge in [0.15, 0.2) is 0 Å². The summed E-state index contributed by atoms with van der Waals surface area (Å²) in [7, 11) is -3.93. The molecule has 1 aliphatic carbocycles. The first-order valence-electron chi connectivity index (χ1n) is 9.94. The third kappa shape index (κ3) is 5.45. The van der Waals surface area contributed by atoms with Crippen molar-refractivity contribution in [2.75, 3.05) is 18.1 Å². The topological polar surface area (TPSA) is 133 Å². The molecule has 0 fully saturated rings. The van der Waals surface area contributed by atoms with Crippen molar-refractivity contribution in [1.82, 2.24) is 9.94 Å². The summed E-state index contributed by atoms with van der Waals surface area (Å²) in [6.07, 6.45) is 5.69. The highest BCUT2D eigenvalue weighted by Gasteiger charge is 2.23. The van der Waals surface area contributed by atoms with E-state index in [0.29, 0.717) is 59.6 Å². The maximum atomic E-state index is 12.7. The fourth-order valence-electron chi connectivity index (χ4n) is 3.52. The molecule has 1 aliphatic rings. The molecule has 1 amide bonds. The van der Waals surface area contributed by atoms with Gasteiger partial charge in [-0.25, -0.2) is 0 Å². The molecule has 0 saturated carbocycles. The number of nitrogens with one attached hydrogen (secondary N) is 1. The minimum atomic E-state index is -3.93. The molecule has 0 bridgehead atoms. The third-order valence-corrected chi connectivity index (χ3v) is 5.27. The Morgan fingerprint density at radius 3 is 2.67 bits per heavy atom. The normalized spacial score (nSPS) is 13.5. The van der Waals surface area contributed by atoms with Crippen molar-refractivity contribution in [2.45, 2.75) is 44.9 Å². The second kappa shape index (κ2) is 9.40. The summed E-state index contributed by atoms with van der Waals surface area (Å²) in [5, 5.41) is 7.05. The molecule has 3 rings (SSSR count). The Kier molecular flexibility index (Phi) is 6.88. The van der Waals surface area contributed by atoms with Crippen LogP contribution in [-0.2, 0) is 27.8 Å². The van der Waals surface area contributed by atoms with Crippen LogP contribution >= 0.6 is 0 Å². The number of amides is 1. The Morgan fingerprint density at radius 1 is 1.23 bits per heavy atom. The number of carbonyl (C=O) groups excluding carboxylic acids is 1. The van der Waals surface area contributed by atoms with E-state index in [1.807, 2.05) is 0 Å². The largest absolute Gasteiger partial charge is 0.330 e. The van der Waals surface area contributed by atoms with Crippen molar-refractivity contribution in [3.8, 4) is 11.3 Å². The van der Waals surface area contributed by atoms with E-state index in [1.54, 1.807) is 24.3 Å². The number of nitrogens with zero attached hydrogens (tertiary/aromatic N) is 2.